The summed E-state index contributed by atoms with van der Waals surface area (Å²) < 4.78 is 5.93. The molecule has 0 aromatic carbocycles. The molecule has 0 bridgehead atoms. The van der Waals surface area contributed by atoms with E-state index in [1.165, 1.54) is 128 Å². The lowest BCUT2D eigenvalue weighted by Gasteiger charge is -2.61. The van der Waals surface area contributed by atoms with Crippen LogP contribution in [0, 0.1) is 46.3 Å². The molecule has 65 heavy (non-hydrogen) atoms. The number of unbranched alkanes of at least 4 members (excludes halogenated alkanes) is 13. The van der Waals surface area contributed by atoms with E-state index >= 15 is 0 Å². The van der Waals surface area contributed by atoms with Gasteiger partial charge in [-0.25, -0.2) is 0 Å². The molecule has 3 amide bonds. The highest BCUT2D eigenvalue weighted by Gasteiger charge is 2.60. The second-order valence-electron chi connectivity index (χ2n) is 23.9. The van der Waals surface area contributed by atoms with Crippen molar-refractivity contribution in [3.63, 3.8) is 0 Å². The Morgan fingerprint density at radius 2 is 1.38 bits per heavy atom. The molecular weight excluding hydrogens is 807 g/mol. The molecule has 4 saturated carbocycles. The van der Waals surface area contributed by atoms with E-state index in [4.69, 9.17) is 4.74 Å². The maximum absolute atomic E-state index is 13.1. The number of allylic oxidation sites excluding steroid dienone is 2. The highest BCUT2D eigenvalue weighted by Crippen LogP contribution is 2.68. The fourth-order valence-corrected chi connectivity index (χ4v) is 14.3. The van der Waals surface area contributed by atoms with Gasteiger partial charge < -0.3 is 25.4 Å². The predicted octanol–water partition coefficient (Wildman–Crippen LogP) is 13.0. The average molecular weight is 908 g/mol. The van der Waals surface area contributed by atoms with Gasteiger partial charge in [-0.15, -0.1) is 0 Å². The van der Waals surface area contributed by atoms with E-state index in [0.29, 0.717) is 80.0 Å². The number of ether oxygens (including phenoxy) is 1. The van der Waals surface area contributed by atoms with Crippen LogP contribution < -0.4 is 10.6 Å². The summed E-state index contributed by atoms with van der Waals surface area (Å²) in [5.74, 6) is 5.03. The lowest BCUT2D eigenvalue weighted by molar-refractivity contribution is -0.134. The molecule has 8 nitrogen and oxygen atoms in total. The lowest BCUT2D eigenvalue weighted by Crippen LogP contribution is -2.55. The molecule has 0 aromatic heterocycles. The highest BCUT2D eigenvalue weighted by atomic mass is 16.5. The van der Waals surface area contributed by atoms with E-state index < -0.39 is 6.10 Å². The number of nitrogens with one attached hydrogen (secondary N) is 2. The number of aliphatic hydroxyl groups excluding tert-OH is 1. The van der Waals surface area contributed by atoms with Crippen molar-refractivity contribution >= 4 is 17.7 Å². The zero-order chi connectivity index (χ0) is 46.9. The van der Waals surface area contributed by atoms with Gasteiger partial charge in [-0.2, -0.15) is 0 Å². The smallest absolute Gasteiger partial charge is 0.222 e. The van der Waals surface area contributed by atoms with E-state index in [1.807, 2.05) is 25.7 Å². The summed E-state index contributed by atoms with van der Waals surface area (Å²) in [5.41, 5.74) is 0.530. The van der Waals surface area contributed by atoms with E-state index in [1.54, 1.807) is 0 Å². The maximum Gasteiger partial charge on any atom is 0.222 e. The fraction of sp³-hybridized carbons (Fsp3) is 0.912. The number of aliphatic hydroxyl groups is 1. The summed E-state index contributed by atoms with van der Waals surface area (Å²) in [6, 6.07) is 0.308. The van der Waals surface area contributed by atoms with Gasteiger partial charge in [0, 0.05) is 38.4 Å². The summed E-state index contributed by atoms with van der Waals surface area (Å²) in [5, 5.41) is 16.9. The molecule has 0 spiro atoms. The van der Waals surface area contributed by atoms with Crippen molar-refractivity contribution in [2.75, 3.05) is 19.7 Å². The third-order valence-corrected chi connectivity index (χ3v) is 18.1. The Kier molecular flexibility index (Phi) is 22.2. The second kappa shape index (κ2) is 26.7. The van der Waals surface area contributed by atoms with Crippen molar-refractivity contribution in [2.24, 2.45) is 46.3 Å². The monoisotopic (exact) mass is 908 g/mol. The van der Waals surface area contributed by atoms with Crippen LogP contribution in [0.25, 0.3) is 0 Å². The van der Waals surface area contributed by atoms with Crippen molar-refractivity contribution in [1.29, 1.82) is 0 Å². The van der Waals surface area contributed by atoms with E-state index in [0.717, 1.165) is 62.2 Å². The molecule has 1 saturated heterocycles. The van der Waals surface area contributed by atoms with Crippen LogP contribution in [0.4, 0.5) is 0 Å². The zero-order valence-corrected chi connectivity index (χ0v) is 43.2. The second-order valence-corrected chi connectivity index (χ2v) is 23.9. The quantitative estimate of drug-likeness (QED) is 0.0535. The minimum atomic E-state index is -0.474. The van der Waals surface area contributed by atoms with E-state index in [2.05, 4.69) is 50.5 Å². The number of carbonyl (C=O) groups excluding carboxylic acids is 3. The molecule has 0 radical (unpaired) electrons. The van der Waals surface area contributed by atoms with Crippen LogP contribution in [0.3, 0.4) is 0 Å². The summed E-state index contributed by atoms with van der Waals surface area (Å²) in [6.45, 7) is 17.6. The van der Waals surface area contributed by atoms with Gasteiger partial charge in [0.2, 0.25) is 17.7 Å². The van der Waals surface area contributed by atoms with Crippen LogP contribution in [0.2, 0.25) is 0 Å². The number of nitrogens with zero attached hydrogens (tertiary/aromatic N) is 1. The summed E-state index contributed by atoms with van der Waals surface area (Å²) in [7, 11) is 0. The molecule has 3 N–H and O–H groups in total. The first-order chi connectivity index (χ1) is 31.1. The summed E-state index contributed by atoms with van der Waals surface area (Å²) in [4.78, 5) is 40.9. The van der Waals surface area contributed by atoms with Gasteiger partial charge >= 0.3 is 0 Å². The lowest BCUT2D eigenvalue weighted by atomic mass is 9.44. The minimum absolute atomic E-state index is 0.0561. The number of fused-ring (bicyclic) bond motifs is 5. The number of hydrogen-bond acceptors (Lipinski definition) is 5. The third kappa shape index (κ3) is 16.3. The Balaban J connectivity index is 0.922. The Bertz CT molecular complexity index is 1460. The standard InChI is InChI=1S/C57H101N3O5/c1-8-9-10-11-12-13-14-15-16-17-18-19-20-21-23-26-53(63)59-45-34-36-56(6)44(39-45)29-30-48-50-32-31-49(57(50,7)37-35-51(48)56)43(2)28-33-52(62)58-38-25-22-24-27-54(64)60-41-47(61)40-46(60)42-65-55(3,4)5/h15-16,43-51,61H,8-14,17-42H2,1-7H3,(H,58,62)(H,59,63)/b16-15-/t43-,44?,45+,46-,47+,48?,49-,50?,51?,56+,57-/m1/s1. The van der Waals surface area contributed by atoms with Gasteiger partial charge in [0.05, 0.1) is 24.4 Å². The largest absolute Gasteiger partial charge is 0.391 e. The molecule has 11 atom stereocenters. The van der Waals surface area contributed by atoms with Gasteiger partial charge in [0.1, 0.15) is 0 Å². The number of amides is 3. The predicted molar refractivity (Wildman–Crippen MR) is 268 cm³/mol. The van der Waals surface area contributed by atoms with Gasteiger partial charge in [-0.3, -0.25) is 14.4 Å². The Labute approximate surface area is 399 Å². The van der Waals surface area contributed by atoms with Crippen LogP contribution in [-0.4, -0.2) is 71.2 Å². The van der Waals surface area contributed by atoms with Crippen molar-refractivity contribution in [3.05, 3.63) is 12.2 Å². The van der Waals surface area contributed by atoms with Gasteiger partial charge in [-0.05, 0) is 183 Å². The van der Waals surface area contributed by atoms with Gasteiger partial charge in [-0.1, -0.05) is 97.6 Å². The zero-order valence-electron chi connectivity index (χ0n) is 43.2. The van der Waals surface area contributed by atoms with Gasteiger partial charge in [0.25, 0.3) is 0 Å². The molecule has 5 aliphatic rings. The molecule has 0 aromatic rings. The summed E-state index contributed by atoms with van der Waals surface area (Å²) >= 11 is 0. The van der Waals surface area contributed by atoms with Crippen LogP contribution in [-0.2, 0) is 19.1 Å². The first-order valence-electron chi connectivity index (χ1n) is 28.0. The third-order valence-electron chi connectivity index (χ3n) is 18.1. The number of hydrogen-bond donors (Lipinski definition) is 3. The van der Waals surface area contributed by atoms with Crippen LogP contribution in [0.5, 0.6) is 0 Å². The number of carbonyl (C=O) groups is 3. The average Bonchev–Trinajstić information content (AvgIpc) is 3.83. The number of likely N-dealkylation sites (tertiary alicyclic amines) is 1. The molecule has 5 rings (SSSR count). The highest BCUT2D eigenvalue weighted by molar-refractivity contribution is 5.77. The maximum atomic E-state index is 13.1. The first kappa shape index (κ1) is 54.0. The van der Waals surface area contributed by atoms with Crippen molar-refractivity contribution in [2.45, 2.75) is 265 Å². The molecule has 4 unspecified atom stereocenters. The SMILES string of the molecule is CCCCCCCC/C=C\CCCCCCCC(=O)N[C@H]1CC[C@@]2(C)C(CCC3C2CC[C@@]2(C)C3CC[C@@H]2[C@H](C)CCC(=O)NCCCCCC(=O)N2C[C@@H](O)C[C@@H]2COC(C)(C)C)C1. The molecule has 1 aliphatic heterocycles. The van der Waals surface area contributed by atoms with Crippen molar-refractivity contribution in [3.8, 4) is 0 Å². The minimum Gasteiger partial charge on any atom is -0.391 e. The van der Waals surface area contributed by atoms with E-state index in [-0.39, 0.29) is 23.5 Å². The molecule has 4 aliphatic carbocycles. The topological polar surface area (TPSA) is 108 Å². The Morgan fingerprint density at radius 3 is 2.11 bits per heavy atom. The Hall–Kier alpha value is -1.93. The number of rotatable bonds is 28. The molecule has 374 valence electrons. The van der Waals surface area contributed by atoms with Crippen molar-refractivity contribution < 1.29 is 24.2 Å². The summed E-state index contributed by atoms with van der Waals surface area (Å²) in [6.07, 6.45) is 38.6. The van der Waals surface area contributed by atoms with E-state index in [9.17, 15) is 19.5 Å². The van der Waals surface area contributed by atoms with Crippen LogP contribution in [0.1, 0.15) is 241 Å². The first-order valence-corrected chi connectivity index (χ1v) is 28.0. The van der Waals surface area contributed by atoms with Crippen LogP contribution >= 0.6 is 0 Å². The van der Waals surface area contributed by atoms with Gasteiger partial charge in [0.15, 0.2) is 0 Å². The number of β-amino-alcohol motifs (C(OH)–C–C–N with tert-alkyl or cyclic N) is 1. The molecular formula is C57H101N3O5. The molecule has 5 fully saturated rings. The van der Waals surface area contributed by atoms with Crippen LogP contribution in [0.15, 0.2) is 12.2 Å². The molecule has 8 heteroatoms. The fourth-order valence-electron chi connectivity index (χ4n) is 14.3. The Morgan fingerprint density at radius 1 is 0.738 bits per heavy atom. The van der Waals surface area contributed by atoms with Crippen molar-refractivity contribution in [1.82, 2.24) is 15.5 Å². The molecule has 1 heterocycles. The normalized spacial score (nSPS) is 31.7.